The maximum atomic E-state index is 14.6. The first-order valence-electron chi connectivity index (χ1n) is 14.5. The second-order valence-corrected chi connectivity index (χ2v) is 12.6. The molecule has 2 N–H and O–H groups in total. The molecule has 7 heteroatoms. The molecule has 0 aliphatic carbocycles. The Balaban J connectivity index is 2.11. The van der Waals surface area contributed by atoms with E-state index in [1.54, 1.807) is 25.7 Å². The zero-order valence-corrected chi connectivity index (χ0v) is 26.2. The van der Waals surface area contributed by atoms with Crippen LogP contribution < -0.4 is 10.6 Å². The zero-order valence-electron chi connectivity index (χ0n) is 26.2. The fourth-order valence-corrected chi connectivity index (χ4v) is 4.78. The van der Waals surface area contributed by atoms with Gasteiger partial charge in [-0.25, -0.2) is 4.79 Å². The number of carbonyl (C=O) groups is 3. The number of hydrogen-bond donors (Lipinski definition) is 2. The van der Waals surface area contributed by atoms with Gasteiger partial charge in [-0.2, -0.15) is 0 Å². The van der Waals surface area contributed by atoms with E-state index in [-0.39, 0.29) is 18.2 Å². The summed E-state index contributed by atoms with van der Waals surface area (Å²) in [5.41, 5.74) is 2.72. The van der Waals surface area contributed by atoms with Crippen LogP contribution in [0.2, 0.25) is 0 Å². The molecule has 3 amide bonds. The molecular weight excluding hydrogens is 526 g/mol. The number of ether oxygens (including phenoxy) is 1. The van der Waals surface area contributed by atoms with Gasteiger partial charge in [-0.3, -0.25) is 9.59 Å². The molecular formula is C35H45N3O4. The third kappa shape index (κ3) is 8.93. The first-order valence-corrected chi connectivity index (χ1v) is 14.5. The number of anilines is 1. The molecule has 0 bridgehead atoms. The van der Waals surface area contributed by atoms with E-state index in [0.29, 0.717) is 11.3 Å². The zero-order chi connectivity index (χ0) is 31.1. The molecule has 0 saturated heterocycles. The molecule has 3 rings (SSSR count). The highest BCUT2D eigenvalue weighted by molar-refractivity contribution is 5.99. The predicted octanol–water partition coefficient (Wildman–Crippen LogP) is 7.00. The predicted molar refractivity (Wildman–Crippen MR) is 168 cm³/mol. The highest BCUT2D eigenvalue weighted by atomic mass is 16.6. The summed E-state index contributed by atoms with van der Waals surface area (Å²) in [5, 5.41) is 5.87. The van der Waals surface area contributed by atoms with Gasteiger partial charge in [-0.05, 0) is 83.2 Å². The van der Waals surface area contributed by atoms with Crippen LogP contribution in [0.15, 0.2) is 78.9 Å². The van der Waals surface area contributed by atoms with Gasteiger partial charge in [0.1, 0.15) is 17.7 Å². The minimum Gasteiger partial charge on any atom is -0.444 e. The van der Waals surface area contributed by atoms with Crippen LogP contribution in [0.5, 0.6) is 0 Å². The van der Waals surface area contributed by atoms with Gasteiger partial charge in [0.15, 0.2) is 0 Å². The van der Waals surface area contributed by atoms with E-state index in [0.717, 1.165) is 23.1 Å². The van der Waals surface area contributed by atoms with Crippen LogP contribution >= 0.6 is 0 Å². The number of nitrogens with zero attached hydrogens (tertiary/aromatic N) is 1. The molecule has 0 radical (unpaired) electrons. The Hall–Kier alpha value is -4.13. The Morgan fingerprint density at radius 1 is 0.810 bits per heavy atom. The number of benzene rings is 3. The summed E-state index contributed by atoms with van der Waals surface area (Å²) < 4.78 is 5.53. The maximum absolute atomic E-state index is 14.6. The van der Waals surface area contributed by atoms with E-state index in [2.05, 4.69) is 17.6 Å². The van der Waals surface area contributed by atoms with Crippen molar-refractivity contribution in [3.8, 4) is 0 Å². The Bertz CT molecular complexity index is 1360. The molecule has 3 aromatic rings. The van der Waals surface area contributed by atoms with Gasteiger partial charge in [0.2, 0.25) is 5.91 Å². The standard InChI is InChI=1S/C35H45N3O4/c1-9-25-19-21-27(22-20-25)30(31(39)36-28-18-14-13-15-24(28)2)38(34(3,4)5)32(40)29(23-26-16-11-10-12-17-26)37-33(41)42-35(6,7)8/h10-22,29-30H,9,23H2,1-8H3,(H,36,39)(H,37,41). The molecule has 2 atom stereocenters. The summed E-state index contributed by atoms with van der Waals surface area (Å²) in [7, 11) is 0. The quantitative estimate of drug-likeness (QED) is 0.289. The number of amides is 3. The van der Waals surface area contributed by atoms with Crippen LogP contribution in [-0.4, -0.2) is 40.0 Å². The molecule has 2 unspecified atom stereocenters. The van der Waals surface area contributed by atoms with Crippen LogP contribution in [0.3, 0.4) is 0 Å². The lowest BCUT2D eigenvalue weighted by molar-refractivity contribution is -0.146. The summed E-state index contributed by atoms with van der Waals surface area (Å²) in [6, 6.07) is 22.8. The topological polar surface area (TPSA) is 87.7 Å². The van der Waals surface area contributed by atoms with E-state index in [4.69, 9.17) is 4.74 Å². The summed E-state index contributed by atoms with van der Waals surface area (Å²) in [6.45, 7) is 15.0. The van der Waals surface area contributed by atoms with Crippen LogP contribution in [0.4, 0.5) is 10.5 Å². The molecule has 0 fully saturated rings. The van der Waals surface area contributed by atoms with Crippen molar-refractivity contribution in [1.29, 1.82) is 0 Å². The lowest BCUT2D eigenvalue weighted by Gasteiger charge is -2.43. The van der Waals surface area contributed by atoms with Gasteiger partial charge >= 0.3 is 6.09 Å². The van der Waals surface area contributed by atoms with Crippen molar-refractivity contribution >= 4 is 23.6 Å². The molecule has 0 spiro atoms. The molecule has 0 aromatic heterocycles. The second-order valence-electron chi connectivity index (χ2n) is 12.6. The summed E-state index contributed by atoms with van der Waals surface area (Å²) in [5.74, 6) is -0.728. The van der Waals surface area contributed by atoms with Gasteiger partial charge < -0.3 is 20.3 Å². The minimum absolute atomic E-state index is 0.229. The summed E-state index contributed by atoms with van der Waals surface area (Å²) in [6.07, 6.45) is 0.382. The number of hydrogen-bond acceptors (Lipinski definition) is 4. The Morgan fingerprint density at radius 2 is 1.40 bits per heavy atom. The van der Waals surface area contributed by atoms with E-state index in [9.17, 15) is 14.4 Å². The van der Waals surface area contributed by atoms with E-state index >= 15 is 0 Å². The van der Waals surface area contributed by atoms with Crippen molar-refractivity contribution < 1.29 is 19.1 Å². The molecule has 0 aliphatic heterocycles. The monoisotopic (exact) mass is 571 g/mol. The van der Waals surface area contributed by atoms with E-state index in [1.165, 1.54) is 0 Å². The number of alkyl carbamates (subject to hydrolysis) is 1. The maximum Gasteiger partial charge on any atom is 0.408 e. The van der Waals surface area contributed by atoms with Crippen molar-refractivity contribution in [1.82, 2.24) is 10.2 Å². The Morgan fingerprint density at radius 3 is 1.95 bits per heavy atom. The molecule has 0 heterocycles. The van der Waals surface area contributed by atoms with Gasteiger partial charge in [0.25, 0.3) is 5.91 Å². The van der Waals surface area contributed by atoms with Crippen molar-refractivity contribution in [2.45, 2.75) is 91.5 Å². The fraction of sp³-hybridized carbons (Fsp3) is 0.400. The molecule has 7 nitrogen and oxygen atoms in total. The highest BCUT2D eigenvalue weighted by Gasteiger charge is 2.42. The van der Waals surface area contributed by atoms with Gasteiger partial charge in [0, 0.05) is 17.6 Å². The Kier molecular flexibility index (Phi) is 10.6. The third-order valence-electron chi connectivity index (χ3n) is 6.85. The van der Waals surface area contributed by atoms with E-state index < -0.39 is 29.3 Å². The van der Waals surface area contributed by atoms with Crippen molar-refractivity contribution in [3.63, 3.8) is 0 Å². The van der Waals surface area contributed by atoms with Crippen LogP contribution in [0.25, 0.3) is 0 Å². The lowest BCUT2D eigenvalue weighted by atomic mass is 9.93. The molecule has 0 aliphatic rings. The fourth-order valence-electron chi connectivity index (χ4n) is 4.78. The minimum atomic E-state index is -0.981. The normalized spacial score (nSPS) is 13.0. The Labute approximate surface area is 250 Å². The van der Waals surface area contributed by atoms with Crippen LogP contribution in [-0.2, 0) is 27.2 Å². The molecule has 224 valence electrons. The van der Waals surface area contributed by atoms with Gasteiger partial charge in [0.05, 0.1) is 0 Å². The number of nitrogens with one attached hydrogen (secondary N) is 2. The first kappa shape index (κ1) is 32.4. The molecule has 3 aromatic carbocycles. The van der Waals surface area contributed by atoms with Crippen LogP contribution in [0, 0.1) is 6.92 Å². The van der Waals surface area contributed by atoms with Crippen molar-refractivity contribution in [2.24, 2.45) is 0 Å². The van der Waals surface area contributed by atoms with Gasteiger partial charge in [-0.15, -0.1) is 0 Å². The lowest BCUT2D eigenvalue weighted by Crippen LogP contribution is -2.58. The average Bonchev–Trinajstić information content (AvgIpc) is 2.91. The van der Waals surface area contributed by atoms with Crippen molar-refractivity contribution in [2.75, 3.05) is 5.32 Å². The van der Waals surface area contributed by atoms with Gasteiger partial charge in [-0.1, -0.05) is 79.7 Å². The number of aryl methyl sites for hydroxylation is 2. The SMILES string of the molecule is CCc1ccc(C(C(=O)Nc2ccccc2C)N(C(=O)C(Cc2ccccc2)NC(=O)OC(C)(C)C)C(C)(C)C)cc1. The molecule has 42 heavy (non-hydrogen) atoms. The highest BCUT2D eigenvalue weighted by Crippen LogP contribution is 2.32. The number of carbonyl (C=O) groups excluding carboxylic acids is 3. The number of para-hydroxylation sites is 1. The smallest absolute Gasteiger partial charge is 0.408 e. The summed E-state index contributed by atoms with van der Waals surface area (Å²) >= 11 is 0. The molecule has 0 saturated carbocycles. The third-order valence-corrected chi connectivity index (χ3v) is 6.85. The number of rotatable bonds is 9. The van der Waals surface area contributed by atoms with E-state index in [1.807, 2.05) is 107 Å². The van der Waals surface area contributed by atoms with Crippen LogP contribution in [0.1, 0.15) is 76.8 Å². The second kappa shape index (κ2) is 13.7. The first-order chi connectivity index (χ1) is 19.7. The van der Waals surface area contributed by atoms with Crippen molar-refractivity contribution in [3.05, 3.63) is 101 Å². The largest absolute Gasteiger partial charge is 0.444 e. The summed E-state index contributed by atoms with van der Waals surface area (Å²) in [4.78, 5) is 43.4. The average molecular weight is 572 g/mol.